The van der Waals surface area contributed by atoms with E-state index in [1.54, 1.807) is 21.3 Å². The van der Waals surface area contributed by atoms with Crippen LogP contribution in [0.2, 0.25) is 0 Å². The third-order valence-corrected chi connectivity index (χ3v) is 14.7. The first kappa shape index (κ1) is 42.2. The smallest absolute Gasteiger partial charge is 0.306 e. The number of allylic oxidation sites excluding steroid dienone is 1. The number of cyclic esters (lactones) is 1. The van der Waals surface area contributed by atoms with Crippen molar-refractivity contribution in [3.05, 3.63) is 12.7 Å². The van der Waals surface area contributed by atoms with Crippen molar-refractivity contribution >= 4 is 11.8 Å². The van der Waals surface area contributed by atoms with Gasteiger partial charge in [0.1, 0.15) is 30.2 Å². The van der Waals surface area contributed by atoms with E-state index >= 15 is 4.79 Å². The zero-order valence-corrected chi connectivity index (χ0v) is 34.6. The zero-order chi connectivity index (χ0) is 38.8. The van der Waals surface area contributed by atoms with Gasteiger partial charge in [0.2, 0.25) is 0 Å². The lowest BCUT2D eigenvalue weighted by atomic mass is 9.65. The van der Waals surface area contributed by atoms with Gasteiger partial charge in [-0.15, -0.1) is 6.58 Å². The second-order valence-electron chi connectivity index (χ2n) is 17.7. The first-order chi connectivity index (χ1) is 25.9. The number of ketones is 1. The molecule has 6 aliphatic rings. The monoisotopic (exact) mass is 762 g/mol. The summed E-state index contributed by atoms with van der Waals surface area (Å²) < 4.78 is 50.0. The third-order valence-electron chi connectivity index (χ3n) is 14.7. The molecule has 19 atom stereocenters. The number of methoxy groups -OCH3 is 3. The molecule has 3 heterocycles. The van der Waals surface area contributed by atoms with Gasteiger partial charge in [0, 0.05) is 45.6 Å². The van der Waals surface area contributed by atoms with Crippen LogP contribution in [-0.2, 0) is 47.5 Å². The number of hydrogen-bond donors (Lipinski definition) is 0. The van der Waals surface area contributed by atoms with Crippen molar-refractivity contribution in [3.63, 3.8) is 0 Å². The molecule has 3 saturated heterocycles. The van der Waals surface area contributed by atoms with Crippen LogP contribution in [0, 0.1) is 47.3 Å². The van der Waals surface area contributed by atoms with E-state index in [9.17, 15) is 4.79 Å². The van der Waals surface area contributed by atoms with E-state index in [4.69, 9.17) is 37.9 Å². The molecule has 0 amide bonds. The number of carbonyl (C=O) groups excluding carboxylic acids is 2. The summed E-state index contributed by atoms with van der Waals surface area (Å²) in [4.78, 5) is 31.0. The highest BCUT2D eigenvalue weighted by Crippen LogP contribution is 2.62. The fourth-order valence-electron chi connectivity index (χ4n) is 12.0. The van der Waals surface area contributed by atoms with E-state index in [-0.39, 0.29) is 103 Å². The van der Waals surface area contributed by atoms with E-state index in [1.165, 1.54) is 0 Å². The molecule has 54 heavy (non-hydrogen) atoms. The minimum absolute atomic E-state index is 0.0186. The van der Waals surface area contributed by atoms with Crippen LogP contribution in [0.15, 0.2) is 12.7 Å². The van der Waals surface area contributed by atoms with Crippen LogP contribution < -0.4 is 0 Å². The van der Waals surface area contributed by atoms with Gasteiger partial charge in [0.15, 0.2) is 12.6 Å². The second-order valence-corrected chi connectivity index (χ2v) is 17.7. The van der Waals surface area contributed by atoms with Gasteiger partial charge in [0.05, 0.1) is 24.4 Å². The summed E-state index contributed by atoms with van der Waals surface area (Å²) in [6, 6.07) is 0.339. The van der Waals surface area contributed by atoms with Gasteiger partial charge in [-0.05, 0) is 128 Å². The highest BCUT2D eigenvalue weighted by atomic mass is 16.7. The van der Waals surface area contributed by atoms with E-state index in [1.807, 2.05) is 13.0 Å². The van der Waals surface area contributed by atoms with Crippen molar-refractivity contribution < 1.29 is 47.5 Å². The quantitative estimate of drug-likeness (QED) is 0.187. The van der Waals surface area contributed by atoms with Gasteiger partial charge in [-0.3, -0.25) is 9.59 Å². The Morgan fingerprint density at radius 3 is 2.20 bits per heavy atom. The average Bonchev–Trinajstić information content (AvgIpc) is 3.70. The molecule has 0 radical (unpaired) electrons. The fraction of sp³-hybridized carbons (Fsp3) is 0.907. The number of fused-ring (bicyclic) bond motifs is 5. The Bertz CT molecular complexity index is 1260. The van der Waals surface area contributed by atoms with Crippen molar-refractivity contribution in [2.24, 2.45) is 47.3 Å². The molecule has 3 saturated carbocycles. The van der Waals surface area contributed by atoms with Gasteiger partial charge in [-0.1, -0.05) is 19.9 Å². The standard InChI is InChI=1S/C43H71NO10/c1-11-27-14-13-15-34(54-36-19-18-33(44(6)7)24(4)50-36)23(3)39(46)38-29(12-2)37-30(32(38)22-35(45)52-27)17-16-26-20-28(21-31(26)37)53-43-42(49-10)41(48-9)40(47-8)25(5)51-43/h12,23-34,36-38,40-43H,2,11,13-22H2,1,3-10H3/t23-,24?,25?,26-,27+,28-,29?,30+,31-,32+,33+,34+,36+,37-,38?,40+,41?,42+,43+/m1/s1. The highest BCUT2D eigenvalue weighted by molar-refractivity contribution is 5.86. The molecule has 0 aromatic heterocycles. The molecule has 3 aliphatic heterocycles. The lowest BCUT2D eigenvalue weighted by Crippen LogP contribution is -2.59. The number of likely N-dealkylation sites (N-methyl/N-ethyl adjacent to an activating group) is 1. The van der Waals surface area contributed by atoms with Crippen molar-refractivity contribution in [1.29, 1.82) is 0 Å². The molecule has 0 bridgehead atoms. The Labute approximate surface area is 324 Å². The summed E-state index contributed by atoms with van der Waals surface area (Å²) in [5.74, 6) is 0.525. The summed E-state index contributed by atoms with van der Waals surface area (Å²) >= 11 is 0. The lowest BCUT2D eigenvalue weighted by molar-refractivity contribution is -0.314. The fourth-order valence-corrected chi connectivity index (χ4v) is 12.0. The average molecular weight is 762 g/mol. The van der Waals surface area contributed by atoms with Crippen LogP contribution >= 0.6 is 0 Å². The number of ether oxygens (including phenoxy) is 8. The molecular weight excluding hydrogens is 690 g/mol. The molecule has 11 heteroatoms. The molecule has 308 valence electrons. The van der Waals surface area contributed by atoms with Gasteiger partial charge in [-0.25, -0.2) is 0 Å². The molecule has 11 nitrogen and oxygen atoms in total. The zero-order valence-electron chi connectivity index (χ0n) is 34.6. The van der Waals surface area contributed by atoms with Gasteiger partial charge in [0.25, 0.3) is 0 Å². The van der Waals surface area contributed by atoms with Gasteiger partial charge >= 0.3 is 5.97 Å². The summed E-state index contributed by atoms with van der Waals surface area (Å²) in [5, 5.41) is 0. The maximum Gasteiger partial charge on any atom is 0.306 e. The molecular formula is C43H71NO10. The minimum atomic E-state index is -0.582. The molecule has 0 aromatic carbocycles. The van der Waals surface area contributed by atoms with Gasteiger partial charge in [-0.2, -0.15) is 0 Å². The first-order valence-electron chi connectivity index (χ1n) is 21.2. The first-order valence-corrected chi connectivity index (χ1v) is 21.2. The van der Waals surface area contributed by atoms with Crippen LogP contribution in [-0.4, -0.2) is 120 Å². The second kappa shape index (κ2) is 18.4. The number of carbonyl (C=O) groups is 2. The number of hydrogen-bond acceptors (Lipinski definition) is 11. The van der Waals surface area contributed by atoms with E-state index < -0.39 is 12.4 Å². The Morgan fingerprint density at radius 1 is 0.815 bits per heavy atom. The van der Waals surface area contributed by atoms with Crippen LogP contribution in [0.4, 0.5) is 0 Å². The van der Waals surface area contributed by atoms with E-state index in [0.717, 1.165) is 64.2 Å². The number of nitrogens with zero attached hydrogens (tertiary/aromatic N) is 1. The molecule has 0 aromatic rings. The van der Waals surface area contributed by atoms with Crippen LogP contribution in [0.5, 0.6) is 0 Å². The van der Waals surface area contributed by atoms with Crippen LogP contribution in [0.3, 0.4) is 0 Å². The van der Waals surface area contributed by atoms with Crippen molar-refractivity contribution in [2.75, 3.05) is 35.4 Å². The Kier molecular flexibility index (Phi) is 14.4. The number of rotatable bonds is 10. The predicted molar refractivity (Wildman–Crippen MR) is 203 cm³/mol. The Balaban J connectivity index is 1.23. The predicted octanol–water partition coefficient (Wildman–Crippen LogP) is 6.20. The normalized spacial score (nSPS) is 47.6. The van der Waals surface area contributed by atoms with Gasteiger partial charge < -0.3 is 42.8 Å². The maximum absolute atomic E-state index is 15.1. The summed E-state index contributed by atoms with van der Waals surface area (Å²) in [6.45, 7) is 12.6. The molecule has 5 unspecified atom stereocenters. The Hall–Kier alpha value is -1.44. The SMILES string of the molecule is C=CC1C2C(=O)[C@H](C)[C@@H](O[C@H]3CC[C@H](N(C)C)C(C)O3)CCC[C@H](CC)OC(=O)C[C@H]2[C@@H]2CC[C@@H]3C[C@@H](O[C@@H]4OC(C)[C@H](OC)C(OC)[C@@H]4OC)C[C@H]3[C@H]12. The largest absolute Gasteiger partial charge is 0.462 e. The summed E-state index contributed by atoms with van der Waals surface area (Å²) in [7, 11) is 9.20. The van der Waals surface area contributed by atoms with E-state index in [2.05, 4.69) is 46.3 Å². The van der Waals surface area contributed by atoms with Crippen molar-refractivity contribution in [1.82, 2.24) is 4.90 Å². The third kappa shape index (κ3) is 8.54. The van der Waals surface area contributed by atoms with Crippen LogP contribution in [0.1, 0.15) is 98.3 Å². The number of esters is 1. The topological polar surface area (TPSA) is 111 Å². The minimum Gasteiger partial charge on any atom is -0.462 e. The molecule has 6 fully saturated rings. The van der Waals surface area contributed by atoms with E-state index in [0.29, 0.717) is 17.9 Å². The summed E-state index contributed by atoms with van der Waals surface area (Å²) in [5.41, 5.74) is 0. The molecule has 0 spiro atoms. The van der Waals surface area contributed by atoms with Crippen molar-refractivity contribution in [2.45, 2.75) is 166 Å². The lowest BCUT2D eigenvalue weighted by Gasteiger charge is -2.44. The Morgan fingerprint density at radius 2 is 1.56 bits per heavy atom. The maximum atomic E-state index is 15.1. The highest BCUT2D eigenvalue weighted by Gasteiger charge is 2.60. The molecule has 3 aliphatic carbocycles. The number of Topliss-reactive ketones (excluding diaryl/α,β-unsaturated/α-hetero) is 1. The van der Waals surface area contributed by atoms with Crippen LogP contribution in [0.25, 0.3) is 0 Å². The van der Waals surface area contributed by atoms with Crippen molar-refractivity contribution in [3.8, 4) is 0 Å². The molecule has 0 N–H and O–H groups in total. The molecule has 6 rings (SSSR count). The summed E-state index contributed by atoms with van der Waals surface area (Å²) in [6.07, 6.45) is 8.43.